The average Bonchev–Trinajstić information content (AvgIpc) is 3.16. The second-order valence-electron chi connectivity index (χ2n) is 8.71. The molecule has 0 aromatic carbocycles. The summed E-state index contributed by atoms with van der Waals surface area (Å²) in [6.45, 7) is 5.29. The van der Waals surface area contributed by atoms with E-state index >= 15 is 0 Å². The summed E-state index contributed by atoms with van der Waals surface area (Å²) in [4.78, 5) is 18.5. The third-order valence-electron chi connectivity index (χ3n) is 6.09. The Labute approximate surface area is 172 Å². The summed E-state index contributed by atoms with van der Waals surface area (Å²) in [5.41, 5.74) is 0.418. The maximum Gasteiger partial charge on any atom is 0.420 e. The van der Waals surface area contributed by atoms with Gasteiger partial charge in [0.1, 0.15) is 23.1 Å². The van der Waals surface area contributed by atoms with Gasteiger partial charge in [-0.05, 0) is 49.1 Å². The molecular weight excluding hydrogens is 397 g/mol. The van der Waals surface area contributed by atoms with Crippen LogP contribution in [0.25, 0.3) is 0 Å². The zero-order valence-electron chi connectivity index (χ0n) is 17.0. The molecule has 2 aromatic heterocycles. The molecule has 0 atom stereocenters. The summed E-state index contributed by atoms with van der Waals surface area (Å²) in [6.07, 6.45) is 0.502. The van der Waals surface area contributed by atoms with E-state index in [2.05, 4.69) is 15.2 Å². The van der Waals surface area contributed by atoms with Crippen LogP contribution in [0, 0.1) is 5.41 Å². The van der Waals surface area contributed by atoms with Gasteiger partial charge < -0.3 is 9.64 Å². The highest BCUT2D eigenvalue weighted by molar-refractivity contribution is 5.92. The third kappa shape index (κ3) is 4.02. The molecule has 30 heavy (non-hydrogen) atoms. The quantitative estimate of drug-likeness (QED) is 0.792. The highest BCUT2D eigenvalue weighted by Crippen LogP contribution is 2.50. The van der Waals surface area contributed by atoms with Crippen LogP contribution in [0.2, 0.25) is 0 Å². The molecule has 1 saturated heterocycles. The number of alkyl halides is 3. The molecule has 1 amide bonds. The van der Waals surface area contributed by atoms with Gasteiger partial charge in [-0.3, -0.25) is 14.9 Å². The number of carbonyl (C=O) groups is 1. The molecule has 9 heteroatoms. The Bertz CT molecular complexity index is 919. The number of rotatable bonds is 4. The number of nitrogens with zero attached hydrogens (tertiary/aromatic N) is 3. The van der Waals surface area contributed by atoms with Gasteiger partial charge >= 0.3 is 6.18 Å². The average molecular weight is 422 g/mol. The lowest BCUT2D eigenvalue weighted by Crippen LogP contribution is -2.55. The second kappa shape index (κ2) is 7.59. The standard InChI is InChI=1S/C21H25F3N4O2/c1-13(2)16-8-17(27-26-16)19(29)28-7-3-5-20(12-28)9-14(10-20)30-18-11-25-6-4-15(18)21(22,23)24/h4,6,8,11,13-14H,3,5,7,9-10,12H2,1-2H3,(H,26,27). The van der Waals surface area contributed by atoms with Gasteiger partial charge in [-0.1, -0.05) is 13.8 Å². The van der Waals surface area contributed by atoms with Gasteiger partial charge in [-0.2, -0.15) is 18.3 Å². The van der Waals surface area contributed by atoms with E-state index in [0.717, 1.165) is 37.0 Å². The van der Waals surface area contributed by atoms with Gasteiger partial charge in [0, 0.05) is 25.0 Å². The lowest BCUT2D eigenvalue weighted by atomic mass is 9.62. The zero-order chi connectivity index (χ0) is 21.5. The summed E-state index contributed by atoms with van der Waals surface area (Å²) in [5, 5.41) is 7.06. The number of amides is 1. The lowest BCUT2D eigenvalue weighted by Gasteiger charge is -2.52. The summed E-state index contributed by atoms with van der Waals surface area (Å²) < 4.78 is 45.1. The zero-order valence-corrected chi connectivity index (χ0v) is 17.0. The molecule has 162 valence electrons. The van der Waals surface area contributed by atoms with Crippen LogP contribution in [-0.4, -0.2) is 45.2 Å². The van der Waals surface area contributed by atoms with Gasteiger partial charge in [-0.25, -0.2) is 0 Å². The van der Waals surface area contributed by atoms with E-state index in [1.54, 1.807) is 6.07 Å². The topological polar surface area (TPSA) is 71.1 Å². The van der Waals surface area contributed by atoms with Crippen molar-refractivity contribution >= 4 is 5.91 Å². The van der Waals surface area contributed by atoms with Crippen molar-refractivity contribution in [1.29, 1.82) is 0 Å². The number of hydrogen-bond donors (Lipinski definition) is 1. The van der Waals surface area contributed by atoms with Crippen LogP contribution in [0.3, 0.4) is 0 Å². The van der Waals surface area contributed by atoms with Gasteiger partial charge in [0.15, 0.2) is 0 Å². The Kier molecular flexibility index (Phi) is 5.23. The largest absolute Gasteiger partial charge is 0.488 e. The smallest absolute Gasteiger partial charge is 0.420 e. The van der Waals surface area contributed by atoms with E-state index in [4.69, 9.17) is 4.74 Å². The number of piperidine rings is 1. The van der Waals surface area contributed by atoms with Crippen molar-refractivity contribution in [2.45, 2.75) is 57.7 Å². The minimum Gasteiger partial charge on any atom is -0.488 e. The van der Waals surface area contributed by atoms with E-state index in [1.807, 2.05) is 18.7 Å². The van der Waals surface area contributed by atoms with Gasteiger partial charge in [-0.15, -0.1) is 0 Å². The van der Waals surface area contributed by atoms with Crippen LogP contribution in [-0.2, 0) is 6.18 Å². The monoisotopic (exact) mass is 422 g/mol. The summed E-state index contributed by atoms with van der Waals surface area (Å²) in [6, 6.07) is 2.72. The number of hydrogen-bond acceptors (Lipinski definition) is 4. The molecule has 2 aliphatic rings. The van der Waals surface area contributed by atoms with Crippen molar-refractivity contribution in [3.05, 3.63) is 41.5 Å². The predicted molar refractivity (Wildman–Crippen MR) is 103 cm³/mol. The van der Waals surface area contributed by atoms with Crippen molar-refractivity contribution in [2.75, 3.05) is 13.1 Å². The van der Waals surface area contributed by atoms with Crippen molar-refractivity contribution in [3.63, 3.8) is 0 Å². The number of aromatic nitrogens is 3. The van der Waals surface area contributed by atoms with Crippen LogP contribution < -0.4 is 4.74 Å². The molecule has 0 unspecified atom stereocenters. The Morgan fingerprint density at radius 1 is 1.37 bits per heavy atom. The summed E-state index contributed by atoms with van der Waals surface area (Å²) in [5.74, 6) is -0.0788. The van der Waals surface area contributed by atoms with E-state index in [0.29, 0.717) is 31.6 Å². The second-order valence-corrected chi connectivity index (χ2v) is 8.71. The van der Waals surface area contributed by atoms with Crippen molar-refractivity contribution in [1.82, 2.24) is 20.1 Å². The van der Waals surface area contributed by atoms with E-state index < -0.39 is 11.7 Å². The number of carbonyl (C=O) groups excluding carboxylic acids is 1. The number of likely N-dealkylation sites (tertiary alicyclic amines) is 1. The summed E-state index contributed by atoms with van der Waals surface area (Å²) >= 11 is 0. The van der Waals surface area contributed by atoms with E-state index in [9.17, 15) is 18.0 Å². The number of aromatic amines is 1. The lowest BCUT2D eigenvalue weighted by molar-refractivity contribution is -0.140. The molecule has 2 aromatic rings. The number of H-pyrrole nitrogens is 1. The normalized spacial score (nSPS) is 24.2. The van der Waals surface area contributed by atoms with Crippen LogP contribution in [0.4, 0.5) is 13.2 Å². The van der Waals surface area contributed by atoms with Crippen molar-refractivity contribution < 1.29 is 22.7 Å². The molecule has 3 heterocycles. The molecule has 6 nitrogen and oxygen atoms in total. The SMILES string of the molecule is CC(C)c1cc(C(=O)N2CCCC3(CC(Oc4cnccc4C(F)(F)F)C3)C2)n[nH]1. The minimum atomic E-state index is -4.48. The molecule has 1 N–H and O–H groups in total. The molecule has 1 aliphatic heterocycles. The van der Waals surface area contributed by atoms with Crippen LogP contribution in [0.1, 0.15) is 67.2 Å². The van der Waals surface area contributed by atoms with Crippen molar-refractivity contribution in [3.8, 4) is 5.75 Å². The first-order valence-corrected chi connectivity index (χ1v) is 10.2. The number of pyridine rings is 1. The fraction of sp³-hybridized carbons (Fsp3) is 0.571. The van der Waals surface area contributed by atoms with Gasteiger partial charge in [0.2, 0.25) is 0 Å². The van der Waals surface area contributed by atoms with Crippen LogP contribution >= 0.6 is 0 Å². The minimum absolute atomic E-state index is 0.101. The third-order valence-corrected chi connectivity index (χ3v) is 6.09. The molecule has 1 spiro atoms. The van der Waals surface area contributed by atoms with Crippen molar-refractivity contribution in [2.24, 2.45) is 5.41 Å². The molecule has 2 fully saturated rings. The fourth-order valence-electron chi connectivity index (χ4n) is 4.50. The number of ether oxygens (including phenoxy) is 1. The Balaban J connectivity index is 1.39. The molecule has 1 saturated carbocycles. The fourth-order valence-corrected chi connectivity index (χ4v) is 4.50. The molecule has 1 aliphatic carbocycles. The van der Waals surface area contributed by atoms with E-state index in [1.165, 1.54) is 0 Å². The highest BCUT2D eigenvalue weighted by Gasteiger charge is 2.49. The maximum atomic E-state index is 13.2. The molecule has 0 bridgehead atoms. The first-order valence-electron chi connectivity index (χ1n) is 10.2. The van der Waals surface area contributed by atoms with Gasteiger partial charge in [0.25, 0.3) is 5.91 Å². The highest BCUT2D eigenvalue weighted by atomic mass is 19.4. The van der Waals surface area contributed by atoms with Crippen LogP contribution in [0.15, 0.2) is 24.5 Å². The first kappa shape index (κ1) is 20.7. The number of halogens is 3. The molecule has 0 radical (unpaired) electrons. The molecule has 4 rings (SSSR count). The Morgan fingerprint density at radius 3 is 2.80 bits per heavy atom. The number of nitrogens with one attached hydrogen (secondary N) is 1. The van der Waals surface area contributed by atoms with Crippen LogP contribution in [0.5, 0.6) is 5.75 Å². The Morgan fingerprint density at radius 2 is 2.13 bits per heavy atom. The maximum absolute atomic E-state index is 13.2. The first-order chi connectivity index (χ1) is 14.2. The molecular formula is C21H25F3N4O2. The van der Waals surface area contributed by atoms with E-state index in [-0.39, 0.29) is 29.1 Å². The predicted octanol–water partition coefficient (Wildman–Crippen LogP) is 4.41. The van der Waals surface area contributed by atoms with Gasteiger partial charge in [0.05, 0.1) is 6.20 Å². The summed E-state index contributed by atoms with van der Waals surface area (Å²) in [7, 11) is 0. The Hall–Kier alpha value is -2.58.